The molecule has 9 unspecified atom stereocenters. The summed E-state index contributed by atoms with van der Waals surface area (Å²) in [6, 6.07) is 14.1. The topological polar surface area (TPSA) is 118 Å². The molecule has 3 saturated carbocycles. The number of hydrogen-bond donors (Lipinski definition) is 4. The third-order valence-electron chi connectivity index (χ3n) is 10.8. The molecule has 4 N–H and O–H groups in total. The summed E-state index contributed by atoms with van der Waals surface area (Å²) >= 11 is 1.59. The van der Waals surface area contributed by atoms with Crippen LogP contribution in [0.15, 0.2) is 77.2 Å². The zero-order valence-corrected chi connectivity index (χ0v) is 25.3. The number of carboxylic acid groups (broad SMARTS) is 1. The molecule has 2 aromatic rings. The number of carbonyl (C=O) groups is 2. The number of nitrogens with zero attached hydrogens (tertiary/aromatic N) is 1. The van der Waals surface area contributed by atoms with Crippen molar-refractivity contribution in [2.24, 2.45) is 34.5 Å². The summed E-state index contributed by atoms with van der Waals surface area (Å²) in [5, 5.41) is 42.3. The molecule has 0 radical (unpaired) electrons. The van der Waals surface area contributed by atoms with Gasteiger partial charge in [0.2, 0.25) is 6.21 Å². The molecule has 44 heavy (non-hydrogen) atoms. The number of allylic oxidation sites excluding steroid dienone is 4. The van der Waals surface area contributed by atoms with E-state index in [2.05, 4.69) is 0 Å². The van der Waals surface area contributed by atoms with Gasteiger partial charge in [-0.05, 0) is 85.1 Å². The first kappa shape index (κ1) is 30.5. The minimum atomic E-state index is -2.30. The number of ketones is 1. The molecular weight excluding hydrogens is 588 g/mol. The third kappa shape index (κ3) is 4.68. The van der Waals surface area contributed by atoms with Crippen molar-refractivity contribution in [2.45, 2.75) is 61.7 Å². The number of carbonyl (C=O) groups excluding carboxylic acids is 1. The van der Waals surface area contributed by atoms with Crippen LogP contribution in [0.1, 0.15) is 38.7 Å². The molecule has 10 heteroatoms. The second-order valence-electron chi connectivity index (χ2n) is 13.1. The van der Waals surface area contributed by atoms with E-state index < -0.39 is 64.2 Å². The number of aromatic hydroxyl groups is 1. The van der Waals surface area contributed by atoms with Gasteiger partial charge in [-0.25, -0.2) is 8.78 Å². The maximum atomic E-state index is 17.4. The Labute approximate surface area is 258 Å². The van der Waals surface area contributed by atoms with Crippen LogP contribution in [0.5, 0.6) is 5.75 Å². The highest BCUT2D eigenvalue weighted by atomic mass is 32.2. The van der Waals surface area contributed by atoms with Gasteiger partial charge in [0, 0.05) is 38.9 Å². The van der Waals surface area contributed by atoms with E-state index in [-0.39, 0.29) is 30.6 Å². The highest BCUT2D eigenvalue weighted by Gasteiger charge is 2.73. The number of alkyl halides is 2. The SMILES string of the molecule is CC12CC(O)C3(F)C(CC(F)C4=CC(=O)C=CC43C)C1CC(C=[N+](O)c1ccc(CSc3ccc(O)cc3)cc1)C2C(=O)O. The van der Waals surface area contributed by atoms with E-state index in [0.29, 0.717) is 11.4 Å². The number of thioether (sulfide) groups is 1. The Morgan fingerprint density at radius 2 is 1.77 bits per heavy atom. The fourth-order valence-corrected chi connectivity index (χ4v) is 9.49. The number of aliphatic carboxylic acids is 1. The summed E-state index contributed by atoms with van der Waals surface area (Å²) in [5.74, 6) is -4.03. The Balaban J connectivity index is 1.27. The van der Waals surface area contributed by atoms with Crippen molar-refractivity contribution in [2.75, 3.05) is 0 Å². The molecule has 0 saturated heterocycles. The Hall–Kier alpha value is -3.50. The molecule has 7 nitrogen and oxygen atoms in total. The Bertz CT molecular complexity index is 1570. The van der Waals surface area contributed by atoms with Crippen LogP contribution in [0.2, 0.25) is 0 Å². The number of hydrogen-bond acceptors (Lipinski definition) is 6. The van der Waals surface area contributed by atoms with Crippen molar-refractivity contribution in [3.8, 4) is 5.75 Å². The number of benzene rings is 2. The number of aliphatic hydroxyl groups excluding tert-OH is 1. The first-order valence-electron chi connectivity index (χ1n) is 14.8. The number of aliphatic hydroxyl groups is 1. The Morgan fingerprint density at radius 3 is 2.43 bits per heavy atom. The highest BCUT2D eigenvalue weighted by Crippen LogP contribution is 2.69. The number of phenolic OH excluding ortho intramolecular Hbond substituents is 1. The maximum absolute atomic E-state index is 17.4. The maximum Gasteiger partial charge on any atom is 0.307 e. The summed E-state index contributed by atoms with van der Waals surface area (Å²) in [5.41, 5.74) is -3.46. The van der Waals surface area contributed by atoms with Crippen LogP contribution < -0.4 is 0 Å². The Morgan fingerprint density at radius 1 is 1.09 bits per heavy atom. The average Bonchev–Trinajstić information content (AvgIpc) is 3.26. The van der Waals surface area contributed by atoms with Crippen molar-refractivity contribution in [3.63, 3.8) is 0 Å². The van der Waals surface area contributed by atoms with Gasteiger partial charge in [-0.3, -0.25) is 14.8 Å². The molecule has 6 rings (SSSR count). The lowest BCUT2D eigenvalue weighted by Crippen LogP contribution is -2.68. The molecule has 4 aliphatic rings. The van der Waals surface area contributed by atoms with Gasteiger partial charge in [0.05, 0.1) is 17.9 Å². The normalized spacial score (nSPS) is 38.0. The minimum Gasteiger partial charge on any atom is -0.508 e. The zero-order valence-electron chi connectivity index (χ0n) is 24.4. The number of rotatable bonds is 6. The number of fused-ring (bicyclic) bond motifs is 5. The van der Waals surface area contributed by atoms with E-state index in [1.54, 1.807) is 43.0 Å². The predicted octanol–water partition coefficient (Wildman–Crippen LogP) is 6.03. The van der Waals surface area contributed by atoms with Gasteiger partial charge >= 0.3 is 5.97 Å². The molecule has 0 spiro atoms. The first-order valence-corrected chi connectivity index (χ1v) is 15.8. The number of carboxylic acids is 1. The van der Waals surface area contributed by atoms with E-state index in [9.17, 15) is 30.1 Å². The minimum absolute atomic E-state index is 0.0220. The summed E-state index contributed by atoms with van der Waals surface area (Å²) in [7, 11) is 0. The molecule has 0 aromatic heterocycles. The van der Waals surface area contributed by atoms with Crippen molar-refractivity contribution in [1.29, 1.82) is 0 Å². The quantitative estimate of drug-likeness (QED) is 0.102. The van der Waals surface area contributed by atoms with E-state index >= 15 is 8.78 Å². The smallest absolute Gasteiger partial charge is 0.307 e. The standard InChI is InChI=1S/C34H35F2NO6S/c1-32-16-29(40)34(36)26(15-28(35)27-14-23(39)11-12-33(27,34)2)25(32)13-20(30(32)31(41)42)17-37(43)21-5-3-19(4-6-21)18-44-24-9-7-22(38)8-10-24/h3-12,14,17,20,25-26,28-30,40H,13,15-16,18H2,1-2H3,(H2-,38,41,42,43)/p+1. The molecule has 0 bridgehead atoms. The van der Waals surface area contributed by atoms with Crippen molar-refractivity contribution in [3.05, 3.63) is 77.9 Å². The predicted molar refractivity (Wildman–Crippen MR) is 161 cm³/mol. The van der Waals surface area contributed by atoms with Gasteiger partial charge in [-0.15, -0.1) is 11.8 Å². The van der Waals surface area contributed by atoms with Gasteiger partial charge in [0.25, 0.3) is 5.69 Å². The number of halogens is 2. The summed E-state index contributed by atoms with van der Waals surface area (Å²) in [6.45, 7) is 3.25. The molecule has 4 aliphatic carbocycles. The second-order valence-corrected chi connectivity index (χ2v) is 14.2. The summed E-state index contributed by atoms with van der Waals surface area (Å²) < 4.78 is 34.0. The fraction of sp³-hybridized carbons (Fsp3) is 0.441. The van der Waals surface area contributed by atoms with Crippen LogP contribution in [-0.4, -0.2) is 61.2 Å². The molecule has 0 aliphatic heterocycles. The van der Waals surface area contributed by atoms with Crippen LogP contribution in [0.25, 0.3) is 0 Å². The van der Waals surface area contributed by atoms with Crippen LogP contribution >= 0.6 is 11.8 Å². The largest absolute Gasteiger partial charge is 0.508 e. The molecule has 3 fully saturated rings. The van der Waals surface area contributed by atoms with Gasteiger partial charge in [0.15, 0.2) is 11.5 Å². The fourth-order valence-electron chi connectivity index (χ4n) is 8.64. The molecule has 0 heterocycles. The monoisotopic (exact) mass is 624 g/mol. The summed E-state index contributed by atoms with van der Waals surface area (Å²) in [4.78, 5) is 25.8. The van der Waals surface area contributed by atoms with Gasteiger partial charge in [-0.1, -0.05) is 25.1 Å². The van der Waals surface area contributed by atoms with E-state index in [0.717, 1.165) is 21.3 Å². The lowest BCUT2D eigenvalue weighted by molar-refractivity contribution is -0.711. The van der Waals surface area contributed by atoms with Crippen molar-refractivity contribution >= 4 is 35.4 Å². The van der Waals surface area contributed by atoms with Gasteiger partial charge in [0.1, 0.15) is 11.9 Å². The summed E-state index contributed by atoms with van der Waals surface area (Å²) in [6.07, 6.45) is 1.76. The highest BCUT2D eigenvalue weighted by molar-refractivity contribution is 7.98. The van der Waals surface area contributed by atoms with Crippen molar-refractivity contribution < 1.29 is 43.6 Å². The zero-order chi connectivity index (χ0) is 31.6. The average molecular weight is 625 g/mol. The molecule has 2 aromatic carbocycles. The molecule has 232 valence electrons. The molecule has 0 amide bonds. The lowest BCUT2D eigenvalue weighted by atomic mass is 9.45. The van der Waals surface area contributed by atoms with E-state index in [1.807, 2.05) is 24.3 Å². The van der Waals surface area contributed by atoms with Gasteiger partial charge < -0.3 is 15.3 Å². The van der Waals surface area contributed by atoms with Gasteiger partial charge in [-0.2, -0.15) is 0 Å². The van der Waals surface area contributed by atoms with Crippen LogP contribution in [0.4, 0.5) is 14.5 Å². The van der Waals surface area contributed by atoms with Crippen LogP contribution in [0.3, 0.4) is 0 Å². The second kappa shape index (κ2) is 10.8. The van der Waals surface area contributed by atoms with E-state index in [4.69, 9.17) is 0 Å². The lowest BCUT2D eigenvalue weighted by Gasteiger charge is -2.62. The first-order chi connectivity index (χ1) is 20.8. The molecular formula is C34H36F2NO6S+. The number of phenols is 1. The van der Waals surface area contributed by atoms with E-state index in [1.165, 1.54) is 25.3 Å². The van der Waals surface area contributed by atoms with Crippen LogP contribution in [0, 0.1) is 34.5 Å². The van der Waals surface area contributed by atoms with Crippen LogP contribution in [-0.2, 0) is 15.3 Å². The van der Waals surface area contributed by atoms with Crippen molar-refractivity contribution in [1.82, 2.24) is 0 Å². The molecule has 9 atom stereocenters. The third-order valence-corrected chi connectivity index (χ3v) is 11.9. The Kier molecular flexibility index (Phi) is 7.52.